The second kappa shape index (κ2) is 5.44. The van der Waals surface area contributed by atoms with E-state index in [4.69, 9.17) is 5.11 Å². The highest BCUT2D eigenvalue weighted by atomic mass is 32.2. The van der Waals surface area contributed by atoms with E-state index in [1.807, 2.05) is 42.3 Å². The molecule has 1 N–H and O–H groups in total. The monoisotopic (exact) mass is 264 g/mol. The van der Waals surface area contributed by atoms with Crippen molar-refractivity contribution >= 4 is 28.6 Å². The normalized spacial score (nSPS) is 23.3. The first-order valence-electron chi connectivity index (χ1n) is 5.82. The summed E-state index contributed by atoms with van der Waals surface area (Å²) in [7, 11) is 1.95. The van der Waals surface area contributed by atoms with Gasteiger partial charge in [0.15, 0.2) is 5.17 Å². The largest absolute Gasteiger partial charge is 0.481 e. The fourth-order valence-corrected chi connectivity index (χ4v) is 3.06. The SMILES string of the molecule is CC(C(=O)O)C1CN(C)C(=Nc2ccccc2)S1. The van der Waals surface area contributed by atoms with Gasteiger partial charge in [-0.1, -0.05) is 36.9 Å². The summed E-state index contributed by atoms with van der Waals surface area (Å²) in [6.45, 7) is 2.48. The van der Waals surface area contributed by atoms with Crippen LogP contribution >= 0.6 is 11.8 Å². The van der Waals surface area contributed by atoms with Gasteiger partial charge in [-0.15, -0.1) is 0 Å². The van der Waals surface area contributed by atoms with Crippen LogP contribution in [-0.2, 0) is 4.79 Å². The minimum atomic E-state index is -0.748. The van der Waals surface area contributed by atoms with Crippen molar-refractivity contribution in [3.8, 4) is 0 Å². The number of hydrogen-bond acceptors (Lipinski definition) is 3. The number of rotatable bonds is 3. The molecule has 1 saturated heterocycles. The first-order valence-corrected chi connectivity index (χ1v) is 6.70. The third-order valence-corrected chi connectivity index (χ3v) is 4.44. The first kappa shape index (κ1) is 13.0. The number of nitrogens with zero attached hydrogens (tertiary/aromatic N) is 2. The minimum Gasteiger partial charge on any atom is -0.481 e. The van der Waals surface area contributed by atoms with Gasteiger partial charge in [0.1, 0.15) is 0 Å². The molecule has 1 heterocycles. The van der Waals surface area contributed by atoms with Crippen LogP contribution in [0.25, 0.3) is 0 Å². The quantitative estimate of drug-likeness (QED) is 0.911. The van der Waals surface area contributed by atoms with Crippen LogP contribution in [0.3, 0.4) is 0 Å². The van der Waals surface area contributed by atoms with E-state index in [1.165, 1.54) is 0 Å². The Hall–Kier alpha value is -1.49. The first-order chi connectivity index (χ1) is 8.58. The second-order valence-electron chi connectivity index (χ2n) is 4.39. The zero-order valence-electron chi connectivity index (χ0n) is 10.4. The molecular formula is C13H16N2O2S. The number of benzene rings is 1. The lowest BCUT2D eigenvalue weighted by molar-refractivity contribution is -0.141. The molecule has 0 amide bonds. The summed E-state index contributed by atoms with van der Waals surface area (Å²) in [4.78, 5) is 17.5. The van der Waals surface area contributed by atoms with Crippen molar-refractivity contribution in [3.63, 3.8) is 0 Å². The second-order valence-corrected chi connectivity index (χ2v) is 5.60. The lowest BCUT2D eigenvalue weighted by Crippen LogP contribution is -2.27. The highest BCUT2D eigenvalue weighted by Gasteiger charge is 2.33. The molecule has 0 aromatic heterocycles. The molecule has 1 aromatic carbocycles. The van der Waals surface area contributed by atoms with Crippen LogP contribution in [0.15, 0.2) is 35.3 Å². The van der Waals surface area contributed by atoms with Crippen LogP contribution in [0.2, 0.25) is 0 Å². The molecule has 0 spiro atoms. The van der Waals surface area contributed by atoms with Crippen molar-refractivity contribution < 1.29 is 9.90 Å². The number of aliphatic imine (C=N–C) groups is 1. The molecule has 0 saturated carbocycles. The summed E-state index contributed by atoms with van der Waals surface area (Å²) in [6.07, 6.45) is 0. The number of carboxylic acid groups (broad SMARTS) is 1. The molecule has 0 aliphatic carbocycles. The molecule has 1 aromatic rings. The van der Waals surface area contributed by atoms with E-state index in [-0.39, 0.29) is 11.2 Å². The Bertz CT molecular complexity index is 461. The average Bonchev–Trinajstić information content (AvgIpc) is 2.71. The Kier molecular flexibility index (Phi) is 3.91. The molecular weight excluding hydrogens is 248 g/mol. The molecule has 0 radical (unpaired) electrons. The number of amidine groups is 1. The fraction of sp³-hybridized carbons (Fsp3) is 0.385. The Balaban J connectivity index is 2.12. The van der Waals surface area contributed by atoms with Crippen LogP contribution in [0.5, 0.6) is 0 Å². The van der Waals surface area contributed by atoms with Gasteiger partial charge in [0.05, 0.1) is 11.6 Å². The van der Waals surface area contributed by atoms with Crippen LogP contribution in [0.1, 0.15) is 6.92 Å². The van der Waals surface area contributed by atoms with Crippen molar-refractivity contribution in [2.45, 2.75) is 12.2 Å². The number of aliphatic carboxylic acids is 1. The number of para-hydroxylation sites is 1. The van der Waals surface area contributed by atoms with E-state index in [0.717, 1.165) is 17.4 Å². The van der Waals surface area contributed by atoms with Crippen molar-refractivity contribution in [3.05, 3.63) is 30.3 Å². The standard InChI is InChI=1S/C13H16N2O2S/c1-9(12(16)17)11-8-15(2)13(18-11)14-10-6-4-3-5-7-10/h3-7,9,11H,8H2,1-2H3,(H,16,17). The summed E-state index contributed by atoms with van der Waals surface area (Å²) in [5.74, 6) is -1.11. The lowest BCUT2D eigenvalue weighted by Gasteiger charge is -2.12. The predicted octanol–water partition coefficient (Wildman–Crippen LogP) is 2.44. The van der Waals surface area contributed by atoms with Crippen molar-refractivity contribution in [1.82, 2.24) is 4.90 Å². The van der Waals surface area contributed by atoms with Gasteiger partial charge >= 0.3 is 5.97 Å². The number of carbonyl (C=O) groups is 1. The summed E-state index contributed by atoms with van der Waals surface area (Å²) in [6, 6.07) is 9.71. The molecule has 1 aliphatic heterocycles. The third kappa shape index (κ3) is 2.85. The number of hydrogen-bond donors (Lipinski definition) is 1. The van der Waals surface area contributed by atoms with E-state index >= 15 is 0 Å². The maximum Gasteiger partial charge on any atom is 0.307 e. The Morgan fingerprint density at radius 3 is 2.78 bits per heavy atom. The molecule has 1 aliphatic rings. The van der Waals surface area contributed by atoms with Crippen molar-refractivity contribution in [2.75, 3.05) is 13.6 Å². The Morgan fingerprint density at radius 1 is 1.50 bits per heavy atom. The number of thioether (sulfide) groups is 1. The zero-order valence-corrected chi connectivity index (χ0v) is 11.2. The van der Waals surface area contributed by atoms with E-state index in [0.29, 0.717) is 0 Å². The Morgan fingerprint density at radius 2 is 2.17 bits per heavy atom. The summed E-state index contributed by atoms with van der Waals surface area (Å²) in [5.41, 5.74) is 0.899. The maximum atomic E-state index is 11.0. The smallest absolute Gasteiger partial charge is 0.307 e. The maximum absolute atomic E-state index is 11.0. The van der Waals surface area contributed by atoms with Crippen LogP contribution in [-0.4, -0.2) is 40.0 Å². The van der Waals surface area contributed by atoms with Gasteiger partial charge in [0.2, 0.25) is 0 Å². The van der Waals surface area contributed by atoms with Crippen molar-refractivity contribution in [2.24, 2.45) is 10.9 Å². The van der Waals surface area contributed by atoms with Crippen LogP contribution in [0, 0.1) is 5.92 Å². The third-order valence-electron chi connectivity index (χ3n) is 2.97. The van der Waals surface area contributed by atoms with E-state index in [1.54, 1.807) is 18.7 Å². The van der Waals surface area contributed by atoms with Crippen LogP contribution in [0.4, 0.5) is 5.69 Å². The summed E-state index contributed by atoms with van der Waals surface area (Å²) >= 11 is 1.55. The molecule has 5 heteroatoms. The molecule has 18 heavy (non-hydrogen) atoms. The fourth-order valence-electron chi connectivity index (χ4n) is 1.75. The molecule has 0 bridgehead atoms. The topological polar surface area (TPSA) is 52.9 Å². The molecule has 96 valence electrons. The molecule has 2 rings (SSSR count). The molecule has 1 fully saturated rings. The van der Waals surface area contributed by atoms with Gasteiger partial charge in [-0.25, -0.2) is 4.99 Å². The predicted molar refractivity (Wildman–Crippen MR) is 74.3 cm³/mol. The molecule has 2 unspecified atom stereocenters. The number of carboxylic acids is 1. The van der Waals surface area contributed by atoms with E-state index in [9.17, 15) is 4.79 Å². The lowest BCUT2D eigenvalue weighted by atomic mass is 10.1. The van der Waals surface area contributed by atoms with E-state index in [2.05, 4.69) is 4.99 Å². The van der Waals surface area contributed by atoms with Gasteiger partial charge in [0, 0.05) is 18.8 Å². The zero-order chi connectivity index (χ0) is 13.1. The minimum absolute atomic E-state index is 0.0648. The van der Waals surface area contributed by atoms with Gasteiger partial charge in [-0.05, 0) is 12.1 Å². The van der Waals surface area contributed by atoms with Crippen LogP contribution < -0.4 is 0 Å². The van der Waals surface area contributed by atoms with Gasteiger partial charge < -0.3 is 10.0 Å². The average molecular weight is 264 g/mol. The molecule has 4 nitrogen and oxygen atoms in total. The summed E-state index contributed by atoms with van der Waals surface area (Å²) < 4.78 is 0. The Labute approximate surface area is 111 Å². The highest BCUT2D eigenvalue weighted by molar-refractivity contribution is 8.14. The highest BCUT2D eigenvalue weighted by Crippen LogP contribution is 2.31. The summed E-state index contributed by atoms with van der Waals surface area (Å²) in [5, 5.41) is 9.99. The van der Waals surface area contributed by atoms with Crippen molar-refractivity contribution in [1.29, 1.82) is 0 Å². The van der Waals surface area contributed by atoms with Gasteiger partial charge in [0.25, 0.3) is 0 Å². The molecule has 2 atom stereocenters. The van der Waals surface area contributed by atoms with Gasteiger partial charge in [-0.3, -0.25) is 4.79 Å². The van der Waals surface area contributed by atoms with Gasteiger partial charge in [-0.2, -0.15) is 0 Å². The van der Waals surface area contributed by atoms with E-state index < -0.39 is 5.97 Å².